The van der Waals surface area contributed by atoms with E-state index in [9.17, 15) is 9.90 Å². The van der Waals surface area contributed by atoms with Crippen LogP contribution in [-0.2, 0) is 6.54 Å². The Labute approximate surface area is 198 Å². The molecule has 2 N–H and O–H groups in total. The maximum absolute atomic E-state index is 13.1. The molecule has 0 saturated carbocycles. The van der Waals surface area contributed by atoms with E-state index in [-0.39, 0.29) is 5.56 Å². The molecule has 0 aliphatic rings. The van der Waals surface area contributed by atoms with Gasteiger partial charge in [-0.05, 0) is 42.0 Å². The highest BCUT2D eigenvalue weighted by molar-refractivity contribution is 7.17. The summed E-state index contributed by atoms with van der Waals surface area (Å²) in [6, 6.07) is 16.0. The Balaban J connectivity index is 1.61. The predicted octanol–water partition coefficient (Wildman–Crippen LogP) is 5.46. The monoisotopic (exact) mass is 461 g/mol. The molecule has 33 heavy (non-hydrogen) atoms. The van der Waals surface area contributed by atoms with Crippen molar-refractivity contribution in [2.45, 2.75) is 40.3 Å². The third-order valence-corrected chi connectivity index (χ3v) is 6.80. The maximum atomic E-state index is 13.1. The fourth-order valence-corrected chi connectivity index (χ4v) is 5.11. The molecule has 0 spiro atoms. The smallest absolute Gasteiger partial charge is 0.260 e. The number of hydrogen-bond donors (Lipinski definition) is 2. The molecule has 2 aromatic heterocycles. The van der Waals surface area contributed by atoms with Gasteiger partial charge in [0.1, 0.15) is 10.7 Å². The lowest BCUT2D eigenvalue weighted by atomic mass is 10.0. The summed E-state index contributed by atoms with van der Waals surface area (Å²) in [4.78, 5) is 23.8. The lowest BCUT2D eigenvalue weighted by Gasteiger charge is -2.26. The van der Waals surface area contributed by atoms with E-state index >= 15 is 0 Å². The second-order valence-corrected chi connectivity index (χ2v) is 10.0. The Bertz CT molecular complexity index is 1290. The van der Waals surface area contributed by atoms with Crippen molar-refractivity contribution in [2.24, 2.45) is 5.92 Å². The van der Waals surface area contributed by atoms with Crippen LogP contribution in [0.25, 0.3) is 21.3 Å². The summed E-state index contributed by atoms with van der Waals surface area (Å²) >= 11 is 1.50. The van der Waals surface area contributed by atoms with Crippen LogP contribution in [0.15, 0.2) is 58.7 Å². The van der Waals surface area contributed by atoms with Crippen molar-refractivity contribution in [1.82, 2.24) is 14.9 Å². The molecule has 0 fully saturated rings. The molecule has 0 aliphatic carbocycles. The zero-order valence-corrected chi connectivity index (χ0v) is 20.4. The first-order valence-electron chi connectivity index (χ1n) is 11.3. The molecule has 4 aromatic rings. The van der Waals surface area contributed by atoms with E-state index in [0.29, 0.717) is 30.2 Å². The Morgan fingerprint density at radius 3 is 2.52 bits per heavy atom. The van der Waals surface area contributed by atoms with Crippen LogP contribution >= 0.6 is 11.3 Å². The van der Waals surface area contributed by atoms with Gasteiger partial charge in [-0.1, -0.05) is 62.4 Å². The average molecular weight is 462 g/mol. The van der Waals surface area contributed by atoms with Gasteiger partial charge < -0.3 is 10.1 Å². The highest BCUT2D eigenvalue weighted by atomic mass is 32.1. The molecule has 2 aromatic carbocycles. The molecule has 0 bridgehead atoms. The number of hydrogen-bond acceptors (Lipinski definition) is 5. The third kappa shape index (κ3) is 5.41. The number of nitrogens with zero attached hydrogens (tertiary/aromatic N) is 2. The zero-order chi connectivity index (χ0) is 23.5. The van der Waals surface area contributed by atoms with Crippen molar-refractivity contribution in [3.63, 3.8) is 0 Å². The fraction of sp³-hybridized carbons (Fsp3) is 0.333. The van der Waals surface area contributed by atoms with Crippen molar-refractivity contribution >= 4 is 21.6 Å². The molecule has 172 valence electrons. The van der Waals surface area contributed by atoms with Crippen molar-refractivity contribution in [3.8, 4) is 11.1 Å². The van der Waals surface area contributed by atoms with E-state index < -0.39 is 6.10 Å². The normalized spacial score (nSPS) is 12.7. The molecule has 0 saturated heterocycles. The van der Waals surface area contributed by atoms with Crippen molar-refractivity contribution < 1.29 is 5.11 Å². The van der Waals surface area contributed by atoms with E-state index in [2.05, 4.69) is 55.8 Å². The number of aryl methyl sites for hydroxylation is 2. The largest absolute Gasteiger partial charge is 0.387 e. The molecule has 1 unspecified atom stereocenters. The van der Waals surface area contributed by atoms with Crippen molar-refractivity contribution in [2.75, 3.05) is 13.1 Å². The quantitative estimate of drug-likeness (QED) is 0.366. The van der Waals surface area contributed by atoms with E-state index in [0.717, 1.165) is 28.1 Å². The number of aromatic nitrogens is 2. The number of aliphatic hydroxyl groups excluding tert-OH is 1. The third-order valence-electron chi connectivity index (χ3n) is 5.92. The number of thiophene rings is 1. The first kappa shape index (κ1) is 23.4. The summed E-state index contributed by atoms with van der Waals surface area (Å²) < 4.78 is 0. The van der Waals surface area contributed by atoms with E-state index in [1.807, 2.05) is 35.7 Å². The van der Waals surface area contributed by atoms with Crippen LogP contribution in [0.2, 0.25) is 0 Å². The lowest BCUT2D eigenvalue weighted by molar-refractivity contribution is 0.100. The minimum atomic E-state index is -0.599. The number of rotatable bonds is 8. The molecule has 1 atom stereocenters. The summed E-state index contributed by atoms with van der Waals surface area (Å²) in [6.07, 6.45) is -0.599. The van der Waals surface area contributed by atoms with Crippen LogP contribution in [0, 0.1) is 19.8 Å². The fourth-order valence-electron chi connectivity index (χ4n) is 4.15. The van der Waals surface area contributed by atoms with Gasteiger partial charge in [0, 0.05) is 24.0 Å². The van der Waals surface area contributed by atoms with Gasteiger partial charge in [0.2, 0.25) is 0 Å². The molecule has 2 heterocycles. The number of nitrogens with one attached hydrogen (secondary N) is 1. The Morgan fingerprint density at radius 1 is 1.06 bits per heavy atom. The van der Waals surface area contributed by atoms with Gasteiger partial charge in [-0.15, -0.1) is 11.3 Å². The van der Waals surface area contributed by atoms with Crippen LogP contribution in [0.1, 0.15) is 42.5 Å². The summed E-state index contributed by atoms with van der Waals surface area (Å²) in [7, 11) is 0. The second kappa shape index (κ2) is 10.00. The first-order valence-corrected chi connectivity index (χ1v) is 12.2. The molecular formula is C27H31N3O2S. The predicted molar refractivity (Wildman–Crippen MR) is 137 cm³/mol. The molecule has 6 heteroatoms. The van der Waals surface area contributed by atoms with Crippen LogP contribution in [0.4, 0.5) is 0 Å². The van der Waals surface area contributed by atoms with Crippen LogP contribution in [-0.4, -0.2) is 33.1 Å². The number of aliphatic hydroxyl groups is 1. The number of aromatic amines is 1. The number of H-pyrrole nitrogens is 1. The Hall–Kier alpha value is -2.80. The summed E-state index contributed by atoms with van der Waals surface area (Å²) in [5, 5.41) is 13.4. The second-order valence-electron chi connectivity index (χ2n) is 9.16. The van der Waals surface area contributed by atoms with Crippen molar-refractivity contribution in [3.05, 3.63) is 86.8 Å². The first-order chi connectivity index (χ1) is 15.8. The average Bonchev–Trinajstić information content (AvgIpc) is 3.20. The van der Waals surface area contributed by atoms with Crippen LogP contribution in [0.5, 0.6) is 0 Å². The van der Waals surface area contributed by atoms with Gasteiger partial charge in [-0.25, -0.2) is 4.98 Å². The Kier molecular flexibility index (Phi) is 7.08. The molecule has 5 nitrogen and oxygen atoms in total. The number of fused-ring (bicyclic) bond motifs is 1. The standard InChI is InChI=1S/C27H31N3O2S/c1-17(2)13-30(14-23(31)20-8-6-5-7-9-20)15-24-28-26(32)25-22(16-33-27(25)29-24)21-11-10-18(3)19(4)12-21/h5-12,16-17,23,31H,13-15H2,1-4H3,(H,28,29,32). The van der Waals surface area contributed by atoms with E-state index in [4.69, 9.17) is 4.98 Å². The lowest BCUT2D eigenvalue weighted by Crippen LogP contribution is -2.33. The summed E-state index contributed by atoms with van der Waals surface area (Å²) in [5.41, 5.74) is 5.18. The van der Waals surface area contributed by atoms with E-state index in [1.165, 1.54) is 22.5 Å². The van der Waals surface area contributed by atoms with Gasteiger partial charge in [-0.3, -0.25) is 9.69 Å². The minimum absolute atomic E-state index is 0.113. The van der Waals surface area contributed by atoms with Crippen LogP contribution in [0.3, 0.4) is 0 Å². The van der Waals surface area contributed by atoms with Gasteiger partial charge in [0.15, 0.2) is 0 Å². The van der Waals surface area contributed by atoms with Gasteiger partial charge in [0.25, 0.3) is 5.56 Å². The number of benzene rings is 2. The molecule has 0 radical (unpaired) electrons. The molecular weight excluding hydrogens is 430 g/mol. The summed E-state index contributed by atoms with van der Waals surface area (Å²) in [5.74, 6) is 1.04. The van der Waals surface area contributed by atoms with Gasteiger partial charge in [-0.2, -0.15) is 0 Å². The van der Waals surface area contributed by atoms with Crippen LogP contribution < -0.4 is 5.56 Å². The topological polar surface area (TPSA) is 69.2 Å². The molecule has 0 aliphatic heterocycles. The van der Waals surface area contributed by atoms with Gasteiger partial charge in [0.05, 0.1) is 18.0 Å². The van der Waals surface area contributed by atoms with Crippen molar-refractivity contribution in [1.29, 1.82) is 0 Å². The summed E-state index contributed by atoms with van der Waals surface area (Å²) in [6.45, 7) is 10.2. The minimum Gasteiger partial charge on any atom is -0.387 e. The molecule has 0 amide bonds. The maximum Gasteiger partial charge on any atom is 0.260 e. The highest BCUT2D eigenvalue weighted by Gasteiger charge is 2.18. The van der Waals surface area contributed by atoms with E-state index in [1.54, 1.807) is 0 Å². The molecule has 4 rings (SSSR count). The Morgan fingerprint density at radius 2 is 1.82 bits per heavy atom. The highest BCUT2D eigenvalue weighted by Crippen LogP contribution is 2.32. The zero-order valence-electron chi connectivity index (χ0n) is 19.6. The SMILES string of the molecule is Cc1ccc(-c2csc3nc(CN(CC(C)C)CC(O)c4ccccc4)[nH]c(=O)c23)cc1C. The van der Waals surface area contributed by atoms with Gasteiger partial charge >= 0.3 is 0 Å².